The highest BCUT2D eigenvalue weighted by atomic mass is 32.2. The molecule has 1 N–H and O–H groups in total. The van der Waals surface area contributed by atoms with Crippen LogP contribution in [0.2, 0.25) is 0 Å². The first-order valence-corrected chi connectivity index (χ1v) is 9.55. The summed E-state index contributed by atoms with van der Waals surface area (Å²) in [5, 5.41) is 3.44. The molecule has 1 aromatic rings. The topological polar surface area (TPSA) is 52.6 Å². The van der Waals surface area contributed by atoms with Gasteiger partial charge in [-0.3, -0.25) is 4.90 Å². The number of rotatable bonds is 6. The third-order valence-electron chi connectivity index (χ3n) is 3.50. The number of thiophene rings is 1. The normalized spacial score (nSPS) is 18.5. The SMILES string of the molecule is Cc1ccc(CNCCN2CCN(S(C)(=O)=O)CC2)s1. The number of hydrogen-bond acceptors (Lipinski definition) is 5. The van der Waals surface area contributed by atoms with Crippen LogP contribution in [0, 0.1) is 6.92 Å². The maximum atomic E-state index is 11.4. The lowest BCUT2D eigenvalue weighted by atomic mass is 10.3. The van der Waals surface area contributed by atoms with E-state index in [4.69, 9.17) is 0 Å². The summed E-state index contributed by atoms with van der Waals surface area (Å²) in [5.41, 5.74) is 0. The van der Waals surface area contributed by atoms with Crippen molar-refractivity contribution in [1.29, 1.82) is 0 Å². The fourth-order valence-electron chi connectivity index (χ4n) is 2.31. The number of aryl methyl sites for hydroxylation is 1. The van der Waals surface area contributed by atoms with Gasteiger partial charge in [0.1, 0.15) is 0 Å². The van der Waals surface area contributed by atoms with Crippen molar-refractivity contribution in [3.63, 3.8) is 0 Å². The van der Waals surface area contributed by atoms with Crippen molar-refractivity contribution in [1.82, 2.24) is 14.5 Å². The van der Waals surface area contributed by atoms with Crippen molar-refractivity contribution >= 4 is 21.4 Å². The van der Waals surface area contributed by atoms with Gasteiger partial charge in [-0.05, 0) is 19.1 Å². The highest BCUT2D eigenvalue weighted by Crippen LogP contribution is 2.14. The first-order chi connectivity index (χ1) is 9.45. The molecule has 0 bridgehead atoms. The monoisotopic (exact) mass is 317 g/mol. The summed E-state index contributed by atoms with van der Waals surface area (Å²) in [4.78, 5) is 5.03. The van der Waals surface area contributed by atoms with Gasteiger partial charge in [0.2, 0.25) is 10.0 Å². The van der Waals surface area contributed by atoms with Gasteiger partial charge in [0, 0.05) is 55.6 Å². The quantitative estimate of drug-likeness (QED) is 0.786. The summed E-state index contributed by atoms with van der Waals surface area (Å²) in [6, 6.07) is 4.31. The lowest BCUT2D eigenvalue weighted by Gasteiger charge is -2.33. The Hall–Kier alpha value is -0.470. The van der Waals surface area contributed by atoms with E-state index >= 15 is 0 Å². The van der Waals surface area contributed by atoms with E-state index in [2.05, 4.69) is 29.3 Å². The van der Waals surface area contributed by atoms with Crippen LogP contribution < -0.4 is 5.32 Å². The number of hydrogen-bond donors (Lipinski definition) is 1. The Kier molecular flexibility index (Phi) is 5.57. The van der Waals surface area contributed by atoms with E-state index in [0.29, 0.717) is 13.1 Å². The number of sulfonamides is 1. The molecule has 0 atom stereocenters. The Labute approximate surface area is 125 Å². The first-order valence-electron chi connectivity index (χ1n) is 6.88. The number of nitrogens with zero attached hydrogens (tertiary/aromatic N) is 2. The zero-order valence-electron chi connectivity index (χ0n) is 12.1. The molecule has 1 aromatic heterocycles. The van der Waals surface area contributed by atoms with E-state index < -0.39 is 10.0 Å². The fraction of sp³-hybridized carbons (Fsp3) is 0.692. The second-order valence-electron chi connectivity index (χ2n) is 5.19. The molecule has 7 heteroatoms. The van der Waals surface area contributed by atoms with Gasteiger partial charge in [-0.25, -0.2) is 8.42 Å². The molecule has 5 nitrogen and oxygen atoms in total. The van der Waals surface area contributed by atoms with Gasteiger partial charge in [-0.2, -0.15) is 4.31 Å². The van der Waals surface area contributed by atoms with Gasteiger partial charge in [-0.1, -0.05) is 0 Å². The van der Waals surface area contributed by atoms with E-state index in [9.17, 15) is 8.42 Å². The van der Waals surface area contributed by atoms with Gasteiger partial charge < -0.3 is 5.32 Å². The maximum absolute atomic E-state index is 11.4. The van der Waals surface area contributed by atoms with Gasteiger partial charge in [0.25, 0.3) is 0 Å². The summed E-state index contributed by atoms with van der Waals surface area (Å²) >= 11 is 1.83. The Bertz CT molecular complexity index is 519. The minimum Gasteiger partial charge on any atom is -0.311 e. The summed E-state index contributed by atoms with van der Waals surface area (Å²) in [6.45, 7) is 7.83. The summed E-state index contributed by atoms with van der Waals surface area (Å²) in [5.74, 6) is 0. The number of nitrogens with one attached hydrogen (secondary N) is 1. The Morgan fingerprint density at radius 2 is 1.95 bits per heavy atom. The van der Waals surface area contributed by atoms with Gasteiger partial charge in [0.15, 0.2) is 0 Å². The average molecular weight is 317 g/mol. The molecule has 2 heterocycles. The van der Waals surface area contributed by atoms with Crippen molar-refractivity contribution in [3.05, 3.63) is 21.9 Å². The van der Waals surface area contributed by atoms with Crippen molar-refractivity contribution in [2.75, 3.05) is 45.5 Å². The molecular weight excluding hydrogens is 294 g/mol. The molecule has 0 saturated carbocycles. The maximum Gasteiger partial charge on any atom is 0.211 e. The van der Waals surface area contributed by atoms with E-state index in [1.807, 2.05) is 11.3 Å². The molecule has 0 aromatic carbocycles. The van der Waals surface area contributed by atoms with Crippen LogP contribution in [0.25, 0.3) is 0 Å². The van der Waals surface area contributed by atoms with E-state index in [1.54, 1.807) is 4.31 Å². The van der Waals surface area contributed by atoms with Gasteiger partial charge in [0.05, 0.1) is 6.26 Å². The molecule has 0 amide bonds. The third-order valence-corrected chi connectivity index (χ3v) is 5.80. The van der Waals surface area contributed by atoms with Crippen LogP contribution in [0.4, 0.5) is 0 Å². The predicted octanol–water partition coefficient (Wildman–Crippen LogP) is 0.723. The molecule has 114 valence electrons. The minimum atomic E-state index is -3.02. The van der Waals surface area contributed by atoms with Crippen LogP contribution in [0.15, 0.2) is 12.1 Å². The standard InChI is InChI=1S/C13H23N3O2S2/c1-12-3-4-13(19-12)11-14-5-6-15-7-9-16(10-8-15)20(2,17)18/h3-4,14H,5-11H2,1-2H3. The predicted molar refractivity (Wildman–Crippen MR) is 83.6 cm³/mol. The largest absolute Gasteiger partial charge is 0.311 e. The van der Waals surface area contributed by atoms with Crippen LogP contribution in [-0.2, 0) is 16.6 Å². The smallest absolute Gasteiger partial charge is 0.211 e. The molecule has 20 heavy (non-hydrogen) atoms. The molecular formula is C13H23N3O2S2. The van der Waals surface area contributed by atoms with E-state index in [-0.39, 0.29) is 0 Å². The zero-order valence-corrected chi connectivity index (χ0v) is 13.8. The molecule has 2 rings (SSSR count). The highest BCUT2D eigenvalue weighted by Gasteiger charge is 2.22. The molecule has 0 unspecified atom stereocenters. The summed E-state index contributed by atoms with van der Waals surface area (Å²) in [6.07, 6.45) is 1.28. The minimum absolute atomic E-state index is 0.614. The number of piperazine rings is 1. The fourth-order valence-corrected chi connectivity index (χ4v) is 4.00. The molecule has 0 aliphatic carbocycles. The van der Waals surface area contributed by atoms with Crippen LogP contribution in [0.5, 0.6) is 0 Å². The van der Waals surface area contributed by atoms with Crippen molar-refractivity contribution < 1.29 is 8.42 Å². The lowest BCUT2D eigenvalue weighted by molar-refractivity contribution is 0.189. The molecule has 1 aliphatic rings. The Morgan fingerprint density at radius 1 is 1.25 bits per heavy atom. The van der Waals surface area contributed by atoms with Crippen LogP contribution in [0.1, 0.15) is 9.75 Å². The zero-order chi connectivity index (χ0) is 14.6. The van der Waals surface area contributed by atoms with Crippen LogP contribution in [0.3, 0.4) is 0 Å². The molecule has 1 aliphatic heterocycles. The van der Waals surface area contributed by atoms with Crippen molar-refractivity contribution in [3.8, 4) is 0 Å². The van der Waals surface area contributed by atoms with Crippen LogP contribution in [-0.4, -0.2) is 63.1 Å². The second kappa shape index (κ2) is 7.00. The van der Waals surface area contributed by atoms with E-state index in [1.165, 1.54) is 16.0 Å². The lowest BCUT2D eigenvalue weighted by Crippen LogP contribution is -2.49. The van der Waals surface area contributed by atoms with Gasteiger partial charge >= 0.3 is 0 Å². The summed E-state index contributed by atoms with van der Waals surface area (Å²) < 4.78 is 24.4. The molecule has 1 saturated heterocycles. The van der Waals surface area contributed by atoms with Crippen molar-refractivity contribution in [2.45, 2.75) is 13.5 Å². The second-order valence-corrected chi connectivity index (χ2v) is 8.55. The first kappa shape index (κ1) is 15.9. The van der Waals surface area contributed by atoms with Crippen LogP contribution >= 0.6 is 11.3 Å². The van der Waals surface area contributed by atoms with E-state index in [0.717, 1.165) is 32.7 Å². The van der Waals surface area contributed by atoms with Gasteiger partial charge in [-0.15, -0.1) is 11.3 Å². The van der Waals surface area contributed by atoms with Crippen molar-refractivity contribution in [2.24, 2.45) is 0 Å². The average Bonchev–Trinajstić information content (AvgIpc) is 2.80. The molecule has 0 spiro atoms. The summed E-state index contributed by atoms with van der Waals surface area (Å²) in [7, 11) is -3.02. The third kappa shape index (κ3) is 4.82. The molecule has 1 fully saturated rings. The molecule has 0 radical (unpaired) electrons. The Morgan fingerprint density at radius 3 is 2.50 bits per heavy atom. The Balaban J connectivity index is 1.62. The highest BCUT2D eigenvalue weighted by molar-refractivity contribution is 7.88.